The highest BCUT2D eigenvalue weighted by Crippen LogP contribution is 2.47. The van der Waals surface area contributed by atoms with Crippen LogP contribution >= 0.6 is 0 Å². The molecule has 0 radical (unpaired) electrons. The van der Waals surface area contributed by atoms with Crippen LogP contribution in [0.5, 0.6) is 17.2 Å². The minimum absolute atomic E-state index is 0.245. The number of nitrogens with zero attached hydrogens (tertiary/aromatic N) is 1. The van der Waals surface area contributed by atoms with Gasteiger partial charge in [-0.3, -0.25) is 4.90 Å². The normalized spacial score (nSPS) is 19.5. The number of methoxy groups -OCH3 is 3. The average molecular weight is 469 g/mol. The molecule has 180 valence electrons. The summed E-state index contributed by atoms with van der Waals surface area (Å²) in [5, 5.41) is 8.86. The van der Waals surface area contributed by atoms with Crippen molar-refractivity contribution in [2.75, 3.05) is 27.9 Å². The molecule has 2 unspecified atom stereocenters. The SMILES string of the molecule is COc1ccc2c3c(c4cc(OC)c(OC)cc4c2c1)CN1CCCC1C3NCc1ccccc1. The largest absolute Gasteiger partial charge is 0.497 e. The molecular formula is C30H32N2O3. The molecule has 0 spiro atoms. The molecule has 0 saturated carbocycles. The Kier molecular flexibility index (Phi) is 5.75. The summed E-state index contributed by atoms with van der Waals surface area (Å²) in [6.45, 7) is 2.94. The van der Waals surface area contributed by atoms with Crippen LogP contribution in [0.2, 0.25) is 0 Å². The maximum absolute atomic E-state index is 5.73. The Morgan fingerprint density at radius 2 is 1.57 bits per heavy atom. The van der Waals surface area contributed by atoms with Gasteiger partial charge in [0.25, 0.3) is 0 Å². The second-order valence-electron chi connectivity index (χ2n) is 9.58. The maximum atomic E-state index is 5.73. The van der Waals surface area contributed by atoms with Crippen molar-refractivity contribution >= 4 is 21.5 Å². The smallest absolute Gasteiger partial charge is 0.161 e. The first kappa shape index (κ1) is 22.2. The van der Waals surface area contributed by atoms with Gasteiger partial charge >= 0.3 is 0 Å². The van der Waals surface area contributed by atoms with E-state index in [2.05, 4.69) is 70.9 Å². The first-order chi connectivity index (χ1) is 17.2. The fraction of sp³-hybridized carbons (Fsp3) is 0.333. The molecule has 2 atom stereocenters. The van der Waals surface area contributed by atoms with Crippen LogP contribution in [0.4, 0.5) is 0 Å². The minimum Gasteiger partial charge on any atom is -0.497 e. The Balaban J connectivity index is 1.61. The van der Waals surface area contributed by atoms with Crippen LogP contribution in [0, 0.1) is 0 Å². The molecule has 6 rings (SSSR count). The third kappa shape index (κ3) is 3.70. The highest BCUT2D eigenvalue weighted by molar-refractivity contribution is 6.12. The van der Waals surface area contributed by atoms with Crippen LogP contribution in [0.15, 0.2) is 60.7 Å². The third-order valence-electron chi connectivity index (χ3n) is 7.82. The summed E-state index contributed by atoms with van der Waals surface area (Å²) in [5.74, 6) is 2.38. The van der Waals surface area contributed by atoms with Crippen molar-refractivity contribution in [3.8, 4) is 17.2 Å². The molecule has 4 aromatic rings. The van der Waals surface area contributed by atoms with E-state index >= 15 is 0 Å². The molecule has 1 N–H and O–H groups in total. The highest BCUT2D eigenvalue weighted by atomic mass is 16.5. The summed E-state index contributed by atoms with van der Waals surface area (Å²) in [4.78, 5) is 2.66. The molecular weight excluding hydrogens is 436 g/mol. The fourth-order valence-electron chi connectivity index (χ4n) is 6.18. The lowest BCUT2D eigenvalue weighted by molar-refractivity contribution is 0.179. The summed E-state index contributed by atoms with van der Waals surface area (Å²) in [6, 6.07) is 22.2. The van der Waals surface area contributed by atoms with Crippen LogP contribution in [0.25, 0.3) is 21.5 Å². The second-order valence-corrected chi connectivity index (χ2v) is 9.58. The molecule has 0 amide bonds. The number of rotatable bonds is 6. The van der Waals surface area contributed by atoms with Gasteiger partial charge < -0.3 is 19.5 Å². The number of benzene rings is 4. The van der Waals surface area contributed by atoms with E-state index in [-0.39, 0.29) is 6.04 Å². The minimum atomic E-state index is 0.245. The zero-order valence-corrected chi connectivity index (χ0v) is 20.6. The van der Waals surface area contributed by atoms with Gasteiger partial charge in [-0.05, 0) is 81.9 Å². The van der Waals surface area contributed by atoms with Gasteiger partial charge in [0.2, 0.25) is 0 Å². The van der Waals surface area contributed by atoms with Gasteiger partial charge in [0, 0.05) is 25.2 Å². The molecule has 2 aliphatic heterocycles. The first-order valence-corrected chi connectivity index (χ1v) is 12.4. The fourth-order valence-corrected chi connectivity index (χ4v) is 6.18. The molecule has 1 fully saturated rings. The second kappa shape index (κ2) is 9.06. The van der Waals surface area contributed by atoms with Crippen molar-refractivity contribution in [1.29, 1.82) is 0 Å². The molecule has 4 aromatic carbocycles. The number of nitrogens with one attached hydrogen (secondary N) is 1. The lowest BCUT2D eigenvalue weighted by Crippen LogP contribution is -2.44. The van der Waals surface area contributed by atoms with Crippen molar-refractivity contribution in [2.24, 2.45) is 0 Å². The van der Waals surface area contributed by atoms with Crippen molar-refractivity contribution in [1.82, 2.24) is 10.2 Å². The summed E-state index contributed by atoms with van der Waals surface area (Å²) >= 11 is 0. The number of fused-ring (bicyclic) bond motifs is 7. The molecule has 5 heteroatoms. The number of ether oxygens (including phenoxy) is 3. The predicted octanol–water partition coefficient (Wildman–Crippen LogP) is 5.83. The van der Waals surface area contributed by atoms with Gasteiger partial charge in [0.05, 0.1) is 21.3 Å². The molecule has 2 heterocycles. The lowest BCUT2D eigenvalue weighted by atomic mass is 9.82. The van der Waals surface area contributed by atoms with Crippen molar-refractivity contribution in [2.45, 2.75) is 38.0 Å². The van der Waals surface area contributed by atoms with Crippen molar-refractivity contribution in [3.63, 3.8) is 0 Å². The Hall–Kier alpha value is -3.28. The van der Waals surface area contributed by atoms with Crippen molar-refractivity contribution < 1.29 is 14.2 Å². The Labute approximate surface area is 206 Å². The number of hydrogen-bond donors (Lipinski definition) is 1. The molecule has 2 aliphatic rings. The molecule has 0 aliphatic carbocycles. The standard InChI is InChI=1S/C30H32N2O3/c1-33-20-11-12-21-22(14-20)23-15-27(34-2)28(35-3)16-24(23)25-18-32-13-7-10-26(32)30(29(21)25)31-17-19-8-5-4-6-9-19/h4-6,8-9,11-12,14-16,26,30-31H,7,10,13,17-18H2,1-3H3. The van der Waals surface area contributed by atoms with Gasteiger partial charge in [0.1, 0.15) is 5.75 Å². The Morgan fingerprint density at radius 3 is 2.31 bits per heavy atom. The Morgan fingerprint density at radius 1 is 0.829 bits per heavy atom. The lowest BCUT2D eigenvalue weighted by Gasteiger charge is -2.40. The van der Waals surface area contributed by atoms with E-state index in [4.69, 9.17) is 14.2 Å². The summed E-state index contributed by atoms with van der Waals surface area (Å²) in [6.07, 6.45) is 2.45. The van der Waals surface area contributed by atoms with Gasteiger partial charge in [-0.25, -0.2) is 0 Å². The predicted molar refractivity (Wildman–Crippen MR) is 141 cm³/mol. The van der Waals surface area contributed by atoms with Crippen LogP contribution in [0.3, 0.4) is 0 Å². The van der Waals surface area contributed by atoms with E-state index < -0.39 is 0 Å². The monoisotopic (exact) mass is 468 g/mol. The molecule has 0 bridgehead atoms. The molecule has 5 nitrogen and oxygen atoms in total. The van der Waals surface area contributed by atoms with E-state index in [9.17, 15) is 0 Å². The zero-order valence-electron chi connectivity index (χ0n) is 20.6. The van der Waals surface area contributed by atoms with Crippen LogP contribution in [-0.4, -0.2) is 38.8 Å². The molecule has 1 saturated heterocycles. The summed E-state index contributed by atoms with van der Waals surface area (Å²) in [7, 11) is 5.14. The highest BCUT2D eigenvalue weighted by Gasteiger charge is 2.39. The van der Waals surface area contributed by atoms with E-state index in [1.807, 2.05) is 0 Å². The van der Waals surface area contributed by atoms with E-state index in [1.54, 1.807) is 21.3 Å². The van der Waals surface area contributed by atoms with Gasteiger partial charge in [0.15, 0.2) is 11.5 Å². The van der Waals surface area contributed by atoms with Gasteiger partial charge in [-0.15, -0.1) is 0 Å². The van der Waals surface area contributed by atoms with Crippen LogP contribution in [-0.2, 0) is 13.1 Å². The summed E-state index contributed by atoms with van der Waals surface area (Å²) in [5.41, 5.74) is 4.12. The van der Waals surface area contributed by atoms with E-state index in [0.29, 0.717) is 6.04 Å². The Bertz CT molecular complexity index is 1390. The van der Waals surface area contributed by atoms with Gasteiger partial charge in [-0.1, -0.05) is 36.4 Å². The topological polar surface area (TPSA) is 43.0 Å². The summed E-state index contributed by atoms with van der Waals surface area (Å²) < 4.78 is 17.1. The number of hydrogen-bond acceptors (Lipinski definition) is 5. The zero-order chi connectivity index (χ0) is 23.9. The third-order valence-corrected chi connectivity index (χ3v) is 7.82. The maximum Gasteiger partial charge on any atom is 0.161 e. The van der Waals surface area contributed by atoms with Crippen LogP contribution in [0.1, 0.15) is 35.6 Å². The first-order valence-electron chi connectivity index (χ1n) is 12.4. The molecule has 0 aromatic heterocycles. The molecule has 35 heavy (non-hydrogen) atoms. The van der Waals surface area contributed by atoms with Crippen LogP contribution < -0.4 is 19.5 Å². The average Bonchev–Trinajstić information content (AvgIpc) is 3.39. The van der Waals surface area contributed by atoms with E-state index in [0.717, 1.165) is 36.9 Å². The quantitative estimate of drug-likeness (QED) is 0.361. The van der Waals surface area contributed by atoms with Gasteiger partial charge in [-0.2, -0.15) is 0 Å². The van der Waals surface area contributed by atoms with E-state index in [1.165, 1.54) is 51.1 Å². The van der Waals surface area contributed by atoms with Crippen molar-refractivity contribution in [3.05, 3.63) is 77.4 Å².